The molecule has 2 rings (SSSR count). The highest BCUT2D eigenvalue weighted by Gasteiger charge is 2.18. The van der Waals surface area contributed by atoms with Gasteiger partial charge in [-0.05, 0) is 31.2 Å². The quantitative estimate of drug-likeness (QED) is 0.678. The Morgan fingerprint density at radius 1 is 1.05 bits per heavy atom. The second-order valence-corrected chi connectivity index (χ2v) is 5.66. The van der Waals surface area contributed by atoms with E-state index in [1.165, 1.54) is 18.2 Å². The molecule has 0 bridgehead atoms. The van der Waals surface area contributed by atoms with Gasteiger partial charge in [0.05, 0.1) is 5.69 Å². The Hall–Kier alpha value is -2.34. The molecule has 0 atom stereocenters. The van der Waals surface area contributed by atoms with Gasteiger partial charge in [0.25, 0.3) is 0 Å². The van der Waals surface area contributed by atoms with E-state index in [0.717, 1.165) is 5.56 Å². The first-order valence-corrected chi connectivity index (χ1v) is 7.24. The van der Waals surface area contributed by atoms with Crippen LogP contribution in [0, 0.1) is 6.92 Å². The number of nitrogens with one attached hydrogen (secondary N) is 1. The van der Waals surface area contributed by atoms with Gasteiger partial charge in [-0.3, -0.25) is 4.79 Å². The van der Waals surface area contributed by atoms with Crippen molar-refractivity contribution in [2.24, 2.45) is 0 Å². The van der Waals surface area contributed by atoms with Crippen molar-refractivity contribution >= 4 is 22.2 Å². The van der Waals surface area contributed by atoms with Gasteiger partial charge in [0.1, 0.15) is 4.90 Å². The largest absolute Gasteiger partial charge is 0.377 e. The summed E-state index contributed by atoms with van der Waals surface area (Å²) in [4.78, 5) is 10.5. The molecule has 1 N–H and O–H groups in total. The molecular weight excluding hydrogens is 278 g/mol. The molecule has 1 amide bonds. The molecule has 6 heteroatoms. The zero-order valence-electron chi connectivity index (χ0n) is 10.7. The third-order valence-electron chi connectivity index (χ3n) is 2.61. The number of aryl methyl sites for hydroxylation is 1. The van der Waals surface area contributed by atoms with Crippen LogP contribution < -0.4 is 9.50 Å². The maximum atomic E-state index is 12.1. The van der Waals surface area contributed by atoms with E-state index in [1.807, 2.05) is 6.92 Å². The van der Waals surface area contributed by atoms with Crippen LogP contribution in [0.2, 0.25) is 0 Å². The average Bonchev–Trinajstić information content (AvgIpc) is 2.41. The van der Waals surface area contributed by atoms with Crippen LogP contribution in [0.4, 0.5) is 5.69 Å². The van der Waals surface area contributed by atoms with Gasteiger partial charge in [-0.25, -0.2) is 0 Å². The first-order valence-electron chi connectivity index (χ1n) is 5.83. The molecule has 2 aromatic rings. The first kappa shape index (κ1) is 14.1. The molecule has 0 saturated heterocycles. The molecule has 0 radical (unpaired) electrons. The number of carbonyl (C=O) groups excluding carboxylic acids is 1. The molecule has 0 saturated carbocycles. The SMILES string of the molecule is Cc1ccc(S(=O)(=O)Oc2ccccc2NC=O)cc1. The zero-order valence-corrected chi connectivity index (χ0v) is 11.6. The van der Waals surface area contributed by atoms with E-state index in [9.17, 15) is 13.2 Å². The van der Waals surface area contributed by atoms with Crippen LogP contribution in [0.25, 0.3) is 0 Å². The summed E-state index contributed by atoms with van der Waals surface area (Å²) in [5.74, 6) is 0.0696. The topological polar surface area (TPSA) is 72.5 Å². The molecule has 0 spiro atoms. The Bertz CT molecular complexity index is 708. The van der Waals surface area contributed by atoms with E-state index in [0.29, 0.717) is 6.41 Å². The smallest absolute Gasteiger partial charge is 0.339 e. The maximum absolute atomic E-state index is 12.1. The van der Waals surface area contributed by atoms with Crippen molar-refractivity contribution in [2.75, 3.05) is 5.32 Å². The number of carbonyl (C=O) groups is 1. The summed E-state index contributed by atoms with van der Waals surface area (Å²) in [5, 5.41) is 2.39. The Morgan fingerprint density at radius 2 is 1.70 bits per heavy atom. The number of hydrogen-bond acceptors (Lipinski definition) is 4. The van der Waals surface area contributed by atoms with Crippen LogP contribution in [0.15, 0.2) is 53.4 Å². The number of para-hydroxylation sites is 2. The number of amides is 1. The molecule has 104 valence electrons. The van der Waals surface area contributed by atoms with Crippen molar-refractivity contribution in [1.82, 2.24) is 0 Å². The lowest BCUT2D eigenvalue weighted by atomic mass is 10.2. The molecule has 0 unspecified atom stereocenters. The van der Waals surface area contributed by atoms with E-state index in [-0.39, 0.29) is 16.3 Å². The van der Waals surface area contributed by atoms with Crippen molar-refractivity contribution in [3.8, 4) is 5.75 Å². The number of benzene rings is 2. The van der Waals surface area contributed by atoms with Gasteiger partial charge in [0.2, 0.25) is 6.41 Å². The van der Waals surface area contributed by atoms with E-state index in [1.54, 1.807) is 30.3 Å². The highest BCUT2D eigenvalue weighted by molar-refractivity contribution is 7.87. The minimum absolute atomic E-state index is 0.0593. The molecule has 20 heavy (non-hydrogen) atoms. The fourth-order valence-corrected chi connectivity index (χ4v) is 2.54. The normalized spacial score (nSPS) is 10.8. The van der Waals surface area contributed by atoms with Crippen molar-refractivity contribution in [3.05, 3.63) is 54.1 Å². The van der Waals surface area contributed by atoms with Crippen LogP contribution in [0.1, 0.15) is 5.56 Å². The van der Waals surface area contributed by atoms with Crippen LogP contribution >= 0.6 is 0 Å². The predicted molar refractivity (Wildman–Crippen MR) is 75.1 cm³/mol. The molecule has 0 fully saturated rings. The molecular formula is C14H13NO4S. The van der Waals surface area contributed by atoms with Gasteiger partial charge < -0.3 is 9.50 Å². The molecule has 0 heterocycles. The molecule has 2 aromatic carbocycles. The first-order chi connectivity index (χ1) is 9.53. The number of rotatable bonds is 5. The average molecular weight is 291 g/mol. The van der Waals surface area contributed by atoms with Crippen LogP contribution in [-0.2, 0) is 14.9 Å². The fourth-order valence-electron chi connectivity index (χ4n) is 1.59. The van der Waals surface area contributed by atoms with Gasteiger partial charge in [-0.15, -0.1) is 0 Å². The van der Waals surface area contributed by atoms with Crippen LogP contribution in [0.3, 0.4) is 0 Å². The monoisotopic (exact) mass is 291 g/mol. The molecule has 5 nitrogen and oxygen atoms in total. The maximum Gasteiger partial charge on any atom is 0.339 e. The fraction of sp³-hybridized carbons (Fsp3) is 0.0714. The Balaban J connectivity index is 2.33. The lowest BCUT2D eigenvalue weighted by Gasteiger charge is -2.10. The van der Waals surface area contributed by atoms with Gasteiger partial charge in [0, 0.05) is 0 Å². The van der Waals surface area contributed by atoms with E-state index in [4.69, 9.17) is 4.18 Å². The summed E-state index contributed by atoms with van der Waals surface area (Å²) >= 11 is 0. The number of hydrogen-bond donors (Lipinski definition) is 1. The summed E-state index contributed by atoms with van der Waals surface area (Å²) in [6, 6.07) is 12.6. The van der Waals surface area contributed by atoms with E-state index >= 15 is 0 Å². The molecule has 0 aliphatic heterocycles. The summed E-state index contributed by atoms with van der Waals surface area (Å²) < 4.78 is 29.3. The van der Waals surface area contributed by atoms with Gasteiger partial charge in [-0.1, -0.05) is 29.8 Å². The minimum atomic E-state index is -3.93. The molecule has 0 aliphatic rings. The Labute approximate surface area is 117 Å². The summed E-state index contributed by atoms with van der Waals surface area (Å²) in [5.41, 5.74) is 1.24. The Morgan fingerprint density at radius 3 is 2.35 bits per heavy atom. The van der Waals surface area contributed by atoms with E-state index in [2.05, 4.69) is 5.32 Å². The lowest BCUT2D eigenvalue weighted by Crippen LogP contribution is -2.11. The van der Waals surface area contributed by atoms with Crippen molar-refractivity contribution in [3.63, 3.8) is 0 Å². The standard InChI is InChI=1S/C14H13NO4S/c1-11-6-8-12(9-7-11)20(17,18)19-14-5-3-2-4-13(14)15-10-16/h2-10H,1H3,(H,15,16). The molecule has 0 aromatic heterocycles. The second kappa shape index (κ2) is 5.75. The zero-order chi connectivity index (χ0) is 14.6. The van der Waals surface area contributed by atoms with Crippen molar-refractivity contribution in [2.45, 2.75) is 11.8 Å². The Kier molecular flexibility index (Phi) is 4.05. The minimum Gasteiger partial charge on any atom is -0.377 e. The second-order valence-electron chi connectivity index (χ2n) is 4.11. The van der Waals surface area contributed by atoms with Crippen LogP contribution in [0.5, 0.6) is 5.75 Å². The summed E-state index contributed by atoms with van der Waals surface area (Å²) in [6.45, 7) is 1.86. The predicted octanol–water partition coefficient (Wildman–Crippen LogP) is 2.33. The van der Waals surface area contributed by atoms with Gasteiger partial charge >= 0.3 is 10.1 Å². The summed E-state index contributed by atoms with van der Waals surface area (Å²) in [6.07, 6.45) is 0.459. The van der Waals surface area contributed by atoms with Gasteiger partial charge in [0.15, 0.2) is 5.75 Å². The van der Waals surface area contributed by atoms with E-state index < -0.39 is 10.1 Å². The lowest BCUT2D eigenvalue weighted by molar-refractivity contribution is -0.105. The van der Waals surface area contributed by atoms with Crippen molar-refractivity contribution in [1.29, 1.82) is 0 Å². The van der Waals surface area contributed by atoms with Gasteiger partial charge in [-0.2, -0.15) is 8.42 Å². The highest BCUT2D eigenvalue weighted by atomic mass is 32.2. The third kappa shape index (κ3) is 3.16. The number of anilines is 1. The highest BCUT2D eigenvalue weighted by Crippen LogP contribution is 2.26. The summed E-state index contributed by atoms with van der Waals surface area (Å²) in [7, 11) is -3.93. The molecule has 0 aliphatic carbocycles. The van der Waals surface area contributed by atoms with Crippen LogP contribution in [-0.4, -0.2) is 14.8 Å². The van der Waals surface area contributed by atoms with Crippen molar-refractivity contribution < 1.29 is 17.4 Å². The third-order valence-corrected chi connectivity index (χ3v) is 3.86.